The van der Waals surface area contributed by atoms with E-state index in [1.54, 1.807) is 196 Å². The van der Waals surface area contributed by atoms with Crippen LogP contribution in [0, 0.1) is 5.92 Å². The largest absolute Gasteiger partial charge is 0.445 e. The molecule has 1 aliphatic rings. The van der Waals surface area contributed by atoms with Crippen LogP contribution in [-0.2, 0) is 106 Å². The number of carbonyl (C=O) groups excluding carboxylic acids is 14. The molecule has 16 N–H and O–H groups in total. The summed E-state index contributed by atoms with van der Waals surface area (Å²) in [6, 6.07) is 36.9. The number of hydrogen-bond donors (Lipinski definition) is 16. The monoisotopic (exact) mass is 1690 g/mol. The summed E-state index contributed by atoms with van der Waals surface area (Å²) < 4.78 is 26.9. The minimum absolute atomic E-state index is 0.00677. The normalized spacial score (nSPS) is 18.5. The van der Waals surface area contributed by atoms with Crippen molar-refractivity contribution in [2.75, 3.05) is 32.7 Å². The molecule has 0 saturated carbocycles. The van der Waals surface area contributed by atoms with E-state index in [2.05, 4.69) is 74.4 Å². The van der Waals surface area contributed by atoms with Crippen molar-refractivity contribution in [3.8, 4) is 0 Å². The van der Waals surface area contributed by atoms with Crippen LogP contribution >= 0.6 is 0 Å². The molecule has 656 valence electrons. The molecule has 1 aliphatic heterocycles. The van der Waals surface area contributed by atoms with Crippen LogP contribution in [0.25, 0.3) is 0 Å². The first-order valence-corrected chi connectivity index (χ1v) is 40.6. The molecule has 6 aromatic rings. The third-order valence-electron chi connectivity index (χ3n) is 19.1. The summed E-state index contributed by atoms with van der Waals surface area (Å²) in [6.07, 6.45) is -9.71. The van der Waals surface area contributed by atoms with E-state index >= 15 is 28.8 Å². The Labute approximate surface area is 707 Å². The smallest absolute Gasteiger partial charge is 0.408 e. The number of unbranched alkanes of at least 4 members (excludes halogenated alkanes) is 2. The summed E-state index contributed by atoms with van der Waals surface area (Å²) in [5.74, 6) is -9.83. The molecule has 6 aromatic carbocycles. The van der Waals surface area contributed by atoms with E-state index in [1.165, 1.54) is 6.92 Å². The van der Waals surface area contributed by atoms with Crippen LogP contribution in [0.3, 0.4) is 0 Å². The maximum Gasteiger partial charge on any atom is 0.408 e. The van der Waals surface area contributed by atoms with Crippen molar-refractivity contribution in [1.29, 1.82) is 0 Å². The van der Waals surface area contributed by atoms with Gasteiger partial charge >= 0.3 is 30.5 Å². The number of nitrogens with one attached hydrogen (secondary N) is 14. The first-order valence-electron chi connectivity index (χ1n) is 40.6. The van der Waals surface area contributed by atoms with Gasteiger partial charge in [-0.3, -0.25) is 43.2 Å². The molecule has 0 aliphatic carbocycles. The zero-order valence-electron chi connectivity index (χ0n) is 68.7. The first kappa shape index (κ1) is 96.0. The van der Waals surface area contributed by atoms with Gasteiger partial charge in [0.15, 0.2) is 0 Å². The molecule has 0 bridgehead atoms. The number of benzene rings is 6. The summed E-state index contributed by atoms with van der Waals surface area (Å²) in [6.45, 7) is 3.87. The Morgan fingerprint density at radius 3 is 1.15 bits per heavy atom. The Morgan fingerprint density at radius 2 is 0.730 bits per heavy atom. The van der Waals surface area contributed by atoms with Crippen molar-refractivity contribution < 1.29 is 101 Å². The van der Waals surface area contributed by atoms with Crippen LogP contribution < -0.4 is 74.4 Å². The summed E-state index contributed by atoms with van der Waals surface area (Å²) >= 11 is 0. The number of hydrogen-bond acceptors (Lipinski definition) is 21. The van der Waals surface area contributed by atoms with Crippen LogP contribution in [0.2, 0.25) is 0 Å². The first-order chi connectivity index (χ1) is 58.8. The average Bonchev–Trinajstić information content (AvgIpc) is 0.976. The van der Waals surface area contributed by atoms with Gasteiger partial charge in [-0.1, -0.05) is 196 Å². The third kappa shape index (κ3) is 36.2. The molecule has 1 saturated heterocycles. The maximum absolute atomic E-state index is 15.5. The highest BCUT2D eigenvalue weighted by Crippen LogP contribution is 2.15. The van der Waals surface area contributed by atoms with E-state index in [-0.39, 0.29) is 116 Å². The summed E-state index contributed by atoms with van der Waals surface area (Å²) in [5, 5.41) is 58.8. The van der Waals surface area contributed by atoms with Gasteiger partial charge in [0, 0.05) is 39.1 Å². The molecular formula is C87H112N14O21. The van der Waals surface area contributed by atoms with E-state index in [1.807, 2.05) is 0 Å². The Balaban J connectivity index is 1.25. The van der Waals surface area contributed by atoms with Crippen molar-refractivity contribution in [3.63, 3.8) is 0 Å². The molecule has 0 radical (unpaired) electrons. The number of aliphatic hydroxyl groups is 2. The van der Waals surface area contributed by atoms with Crippen LogP contribution in [0.5, 0.6) is 0 Å². The van der Waals surface area contributed by atoms with E-state index in [0.717, 1.165) is 12.5 Å². The highest BCUT2D eigenvalue weighted by molar-refractivity contribution is 5.99. The second kappa shape index (κ2) is 52.7. The third-order valence-corrected chi connectivity index (χ3v) is 19.1. The number of carbonyl (C=O) groups is 14. The lowest BCUT2D eigenvalue weighted by Gasteiger charge is -2.29. The molecule has 1 heterocycles. The van der Waals surface area contributed by atoms with Crippen molar-refractivity contribution >= 4 is 83.6 Å². The fourth-order valence-electron chi connectivity index (χ4n) is 12.5. The molecule has 11 atom stereocenters. The molecular weight excluding hydrogens is 1580 g/mol. The standard InChI is InChI=1S/C87H112N14O21/c1-56(2)49-70-79(109)96-68(42-47-91-85(115)120-53-62-33-17-8-18-34-62)77(107)95-69(43-48-92-86(116)121-54-63-35-19-9-20-36-63)78(108)100-72(57(3)102)81(111)88-46-41-67(76(106)93-65(39-23-25-44-89-83(113)118-51-60-29-13-6-14-30-60)75(105)99-71(80(110)98-70)50-59-27-11-5-12-28-59)94-74(104)66(40-24-26-45-90-84(114)119-52-61-31-15-7-16-32-61)97-82(112)73(58(4)103)101-87(117)122-55-64-37-21-10-22-38-64/h5-22,27-38,56-58,65-73,102-103H,23-26,39-55H2,1-4H3,(H,88,111)(H,89,113)(H,90,114)(H,91,115)(H,92,116)(H,93,106)(H,94,104)(H,95,107)(H,96,109)(H,97,112)(H,98,110)(H,99,105)(H,100,108)(H,101,117)/t57-,58-,65+,66+,67+,68+,69+,70+,71-,72-,73+/m1/s1. The van der Waals surface area contributed by atoms with Gasteiger partial charge in [0.05, 0.1) is 12.2 Å². The lowest BCUT2D eigenvalue weighted by molar-refractivity contribution is -0.136. The van der Waals surface area contributed by atoms with Crippen LogP contribution in [0.1, 0.15) is 125 Å². The van der Waals surface area contributed by atoms with Crippen molar-refractivity contribution in [3.05, 3.63) is 215 Å². The molecule has 0 aromatic heterocycles. The topological polar surface area (TPSA) is 494 Å². The van der Waals surface area contributed by atoms with Crippen molar-refractivity contribution in [2.45, 2.75) is 198 Å². The Bertz CT molecular complexity index is 4310. The average molecular weight is 1690 g/mol. The SMILES string of the molecule is CC(C)C[C@@H]1NC(=O)[C@@H](Cc2ccccc2)NC(=O)[C@H](CCCCNC(=O)OCc2ccccc2)NC(=O)[C@@H](NC(=O)[C@H](CCCCNC(=O)OCc2ccccc2)NC(=O)[C@@H](NC(=O)OCc2ccccc2)[C@@H](C)O)CCNC(=O)[C@@H]([C@@H](C)O)NC(=O)[C@H](CCNC(=O)OCc2ccccc2)NC(=O)[C@H](CCNC(=O)OCc2ccccc2)NC1=O. The van der Waals surface area contributed by atoms with Gasteiger partial charge < -0.3 is 108 Å². The van der Waals surface area contributed by atoms with Gasteiger partial charge in [0.25, 0.3) is 0 Å². The molecule has 7 rings (SSSR count). The lowest BCUT2D eigenvalue weighted by Crippen LogP contribution is -2.61. The Kier molecular flexibility index (Phi) is 41.4. The molecule has 122 heavy (non-hydrogen) atoms. The fraction of sp³-hybridized carbons (Fsp3) is 0.425. The highest BCUT2D eigenvalue weighted by Gasteiger charge is 2.38. The number of ether oxygens (including phenoxy) is 5. The van der Waals surface area contributed by atoms with Gasteiger partial charge in [-0.25, -0.2) is 24.0 Å². The quantitative estimate of drug-likeness (QED) is 0.0188. The predicted molar refractivity (Wildman–Crippen MR) is 445 cm³/mol. The number of rotatable bonds is 37. The predicted octanol–water partition coefficient (Wildman–Crippen LogP) is 4.56. The molecule has 35 nitrogen and oxygen atoms in total. The van der Waals surface area contributed by atoms with E-state index < -0.39 is 176 Å². The molecule has 35 heteroatoms. The van der Waals surface area contributed by atoms with Crippen LogP contribution in [-0.4, -0.2) is 193 Å². The Hall–Kier alpha value is -13.2. The minimum Gasteiger partial charge on any atom is -0.445 e. The van der Waals surface area contributed by atoms with Crippen LogP contribution in [0.4, 0.5) is 24.0 Å². The number of aliphatic hydroxyl groups excluding tert-OH is 2. The van der Waals surface area contributed by atoms with Crippen molar-refractivity contribution in [1.82, 2.24) is 74.4 Å². The molecule has 14 amide bonds. The summed E-state index contributed by atoms with van der Waals surface area (Å²) in [7, 11) is 0. The zero-order valence-corrected chi connectivity index (χ0v) is 68.7. The van der Waals surface area contributed by atoms with Crippen molar-refractivity contribution in [2.24, 2.45) is 5.92 Å². The summed E-state index contributed by atoms with van der Waals surface area (Å²) in [5.41, 5.74) is 3.82. The van der Waals surface area contributed by atoms with Crippen LogP contribution in [0.15, 0.2) is 182 Å². The highest BCUT2D eigenvalue weighted by atomic mass is 16.6. The molecule has 0 unspecified atom stereocenters. The van der Waals surface area contributed by atoms with Gasteiger partial charge in [0.1, 0.15) is 87.4 Å². The van der Waals surface area contributed by atoms with E-state index in [9.17, 15) is 48.6 Å². The number of amides is 14. The molecule has 1 fully saturated rings. The zero-order chi connectivity index (χ0) is 88.0. The van der Waals surface area contributed by atoms with Gasteiger partial charge in [-0.15, -0.1) is 0 Å². The van der Waals surface area contributed by atoms with Gasteiger partial charge in [-0.2, -0.15) is 0 Å². The van der Waals surface area contributed by atoms with E-state index in [4.69, 9.17) is 23.7 Å². The summed E-state index contributed by atoms with van der Waals surface area (Å²) in [4.78, 5) is 201. The second-order valence-corrected chi connectivity index (χ2v) is 29.5. The Morgan fingerprint density at radius 1 is 0.377 bits per heavy atom. The van der Waals surface area contributed by atoms with Gasteiger partial charge in [0.2, 0.25) is 53.2 Å². The minimum atomic E-state index is -1.89. The molecule has 0 spiro atoms. The van der Waals surface area contributed by atoms with Gasteiger partial charge in [-0.05, 0) is 117 Å². The second-order valence-electron chi connectivity index (χ2n) is 29.5. The number of alkyl carbamates (subject to hydrolysis) is 5. The van der Waals surface area contributed by atoms with E-state index in [0.29, 0.717) is 27.8 Å². The maximum atomic E-state index is 15.5. The lowest BCUT2D eigenvalue weighted by atomic mass is 10.00. The fourth-order valence-corrected chi connectivity index (χ4v) is 12.5.